The molecule has 0 saturated carbocycles. The van der Waals surface area contributed by atoms with Gasteiger partial charge in [0.15, 0.2) is 0 Å². The van der Waals surface area contributed by atoms with E-state index in [2.05, 4.69) is 36.2 Å². The van der Waals surface area contributed by atoms with Gasteiger partial charge in [-0.2, -0.15) is 0 Å². The second-order valence-corrected chi connectivity index (χ2v) is 12.0. The predicted octanol–water partition coefficient (Wildman–Crippen LogP) is 5.12. The number of methoxy groups -OCH3 is 1. The van der Waals surface area contributed by atoms with E-state index in [1.807, 2.05) is 4.90 Å². The summed E-state index contributed by atoms with van der Waals surface area (Å²) in [7, 11) is 1.52. The van der Waals surface area contributed by atoms with Crippen LogP contribution in [0, 0.1) is 26.2 Å². The highest BCUT2D eigenvalue weighted by Crippen LogP contribution is 2.31. The van der Waals surface area contributed by atoms with E-state index < -0.39 is 23.6 Å². The second-order valence-electron chi connectivity index (χ2n) is 11.3. The zero-order valence-corrected chi connectivity index (χ0v) is 30.8. The highest BCUT2D eigenvalue weighted by atomic mass is 35.5. The average Bonchev–Trinajstić information content (AvgIpc) is 3.76. The number of amides is 4. The number of hydrogen-bond donors (Lipinski definition) is 9. The van der Waals surface area contributed by atoms with Gasteiger partial charge in [-0.25, -0.2) is 0 Å². The average molecular weight is 764 g/mol. The fraction of sp³-hybridized carbons (Fsp3) is 0.303. The van der Waals surface area contributed by atoms with Gasteiger partial charge in [0.05, 0.1) is 35.7 Å². The van der Waals surface area contributed by atoms with Crippen LogP contribution < -0.4 is 36.6 Å². The van der Waals surface area contributed by atoms with Crippen LogP contribution in [-0.4, -0.2) is 82.9 Å². The van der Waals surface area contributed by atoms with E-state index in [1.54, 1.807) is 39.0 Å². The van der Waals surface area contributed by atoms with Crippen molar-refractivity contribution in [2.45, 2.75) is 27.2 Å². The first-order valence-electron chi connectivity index (χ1n) is 15.5. The Bertz CT molecular complexity index is 1890. The molecule has 15 nitrogen and oxygen atoms in total. The molecule has 3 aromatic heterocycles. The maximum atomic E-state index is 13.3. The van der Waals surface area contributed by atoms with Crippen LogP contribution >= 0.6 is 35.6 Å². The number of alkyl halides is 2. The number of anilines is 4. The third-order valence-electron chi connectivity index (χ3n) is 8.02. The number of ether oxygens (including phenoxy) is 1. The van der Waals surface area contributed by atoms with Gasteiger partial charge in [0.1, 0.15) is 22.8 Å². The Hall–Kier alpha value is -5.12. The molecule has 0 unspecified atom stereocenters. The lowest BCUT2D eigenvalue weighted by Crippen LogP contribution is -2.28. The standard InChI is InChI=1S/C33H40Cl2N10O5.ClH/c1-17-22(15-39-27(17)31(47)38-10-7-26(36)37)43-33(49)29-19(3)23(16-41-29)44-32(48)28-18(2)21(14-40-28)42-30(46)20-5-6-24(25(13-20)50-4)45(11-8-34)12-9-35;/h5-6,13-16,39-41H,7-12H2,1-4H3,(H3,36,37)(H,38,47)(H,42,46)(H,43,49)(H,44,48);1H. The molecule has 0 aliphatic carbocycles. The van der Waals surface area contributed by atoms with Crippen molar-refractivity contribution in [3.63, 3.8) is 0 Å². The molecule has 274 valence electrons. The van der Waals surface area contributed by atoms with Gasteiger partial charge in [0.2, 0.25) is 0 Å². The quantitative estimate of drug-likeness (QED) is 0.0425. The summed E-state index contributed by atoms with van der Waals surface area (Å²) in [4.78, 5) is 62.7. The van der Waals surface area contributed by atoms with E-state index in [1.165, 1.54) is 25.7 Å². The zero-order valence-electron chi connectivity index (χ0n) is 28.4. The van der Waals surface area contributed by atoms with Gasteiger partial charge in [-0.1, -0.05) is 0 Å². The zero-order chi connectivity index (χ0) is 36.5. The van der Waals surface area contributed by atoms with Crippen LogP contribution in [0.15, 0.2) is 36.8 Å². The molecule has 10 N–H and O–H groups in total. The first kappa shape index (κ1) is 40.3. The number of halogens is 3. The van der Waals surface area contributed by atoms with Gasteiger partial charge in [0.25, 0.3) is 23.6 Å². The van der Waals surface area contributed by atoms with Gasteiger partial charge in [-0.05, 0) is 39.0 Å². The summed E-state index contributed by atoms with van der Waals surface area (Å²) >= 11 is 11.9. The van der Waals surface area contributed by atoms with Crippen LogP contribution in [-0.2, 0) is 0 Å². The summed E-state index contributed by atoms with van der Waals surface area (Å²) in [6.07, 6.45) is 4.75. The Labute approximate surface area is 310 Å². The molecule has 51 heavy (non-hydrogen) atoms. The summed E-state index contributed by atoms with van der Waals surface area (Å²) in [6.45, 7) is 6.37. The highest BCUT2D eigenvalue weighted by molar-refractivity contribution is 6.18. The highest BCUT2D eigenvalue weighted by Gasteiger charge is 2.22. The summed E-state index contributed by atoms with van der Waals surface area (Å²) in [5, 5.41) is 18.3. The Morgan fingerprint density at radius 1 is 0.784 bits per heavy atom. The number of rotatable bonds is 16. The van der Waals surface area contributed by atoms with Crippen molar-refractivity contribution in [2.75, 3.05) is 59.4 Å². The molecular formula is C33H41Cl3N10O5. The van der Waals surface area contributed by atoms with Gasteiger partial charge in [-0.15, -0.1) is 35.6 Å². The first-order chi connectivity index (χ1) is 23.9. The molecule has 0 bridgehead atoms. The minimum absolute atomic E-state index is 0. The van der Waals surface area contributed by atoms with Crippen molar-refractivity contribution >= 4 is 87.8 Å². The molecule has 0 atom stereocenters. The van der Waals surface area contributed by atoms with E-state index in [4.69, 9.17) is 39.1 Å². The molecule has 0 spiro atoms. The topological polar surface area (TPSA) is 226 Å². The molecule has 4 aromatic rings. The van der Waals surface area contributed by atoms with Crippen LogP contribution in [0.25, 0.3) is 0 Å². The van der Waals surface area contributed by atoms with Crippen molar-refractivity contribution in [1.29, 1.82) is 5.41 Å². The molecule has 4 rings (SSSR count). The number of aromatic nitrogens is 3. The Balaban J connectivity index is 0.00000702. The lowest BCUT2D eigenvalue weighted by molar-refractivity contribution is 0.0947. The fourth-order valence-corrected chi connectivity index (χ4v) is 5.59. The minimum atomic E-state index is -0.483. The van der Waals surface area contributed by atoms with E-state index >= 15 is 0 Å². The Morgan fingerprint density at radius 3 is 1.67 bits per heavy atom. The molecule has 4 amide bonds. The second kappa shape index (κ2) is 18.2. The normalized spacial score (nSPS) is 10.5. The van der Waals surface area contributed by atoms with Crippen molar-refractivity contribution in [2.24, 2.45) is 5.73 Å². The van der Waals surface area contributed by atoms with Crippen LogP contribution in [0.1, 0.15) is 64.9 Å². The number of H-pyrrole nitrogens is 3. The third kappa shape index (κ3) is 9.57. The van der Waals surface area contributed by atoms with Crippen molar-refractivity contribution in [1.82, 2.24) is 20.3 Å². The molecule has 18 heteroatoms. The number of amidine groups is 1. The molecule has 1 aromatic carbocycles. The minimum Gasteiger partial charge on any atom is -0.495 e. The van der Waals surface area contributed by atoms with Crippen LogP contribution in [0.5, 0.6) is 5.75 Å². The fourth-order valence-electron chi connectivity index (χ4n) is 5.18. The van der Waals surface area contributed by atoms with E-state index in [9.17, 15) is 19.2 Å². The number of aromatic amines is 3. The molecule has 0 aliphatic heterocycles. The van der Waals surface area contributed by atoms with Crippen molar-refractivity contribution in [3.05, 3.63) is 76.1 Å². The molecule has 0 fully saturated rings. The van der Waals surface area contributed by atoms with E-state index in [-0.39, 0.29) is 48.3 Å². The number of carbonyl (C=O) groups excluding carboxylic acids is 4. The monoisotopic (exact) mass is 762 g/mol. The Kier molecular flexibility index (Phi) is 14.4. The van der Waals surface area contributed by atoms with Gasteiger partial charge in [0, 0.05) is 78.7 Å². The first-order valence-corrected chi connectivity index (χ1v) is 16.6. The largest absolute Gasteiger partial charge is 0.495 e. The number of carbonyl (C=O) groups is 4. The molecule has 0 saturated heterocycles. The SMILES string of the molecule is COc1cc(C(=O)Nc2c[nH]c(C(=O)Nc3c[nH]c(C(=O)Nc4c[nH]c(C(=O)NCCC(=N)N)c4C)c3C)c2C)ccc1N(CCCl)CCCl.Cl. The van der Waals surface area contributed by atoms with Crippen LogP contribution in [0.4, 0.5) is 22.7 Å². The van der Waals surface area contributed by atoms with Crippen molar-refractivity contribution < 1.29 is 23.9 Å². The maximum Gasteiger partial charge on any atom is 0.272 e. The van der Waals surface area contributed by atoms with E-state index in [0.29, 0.717) is 69.9 Å². The maximum absolute atomic E-state index is 13.3. The molecule has 0 radical (unpaired) electrons. The summed E-state index contributed by atoms with van der Waals surface area (Å²) in [5.74, 6) is -0.511. The molecular weight excluding hydrogens is 723 g/mol. The van der Waals surface area contributed by atoms with Crippen LogP contribution in [0.2, 0.25) is 0 Å². The number of nitrogens with zero attached hydrogens (tertiary/aromatic N) is 1. The summed E-state index contributed by atoms with van der Waals surface area (Å²) in [6, 6.07) is 5.08. The molecule has 0 aliphatic rings. The smallest absolute Gasteiger partial charge is 0.272 e. The van der Waals surface area contributed by atoms with Crippen molar-refractivity contribution in [3.8, 4) is 5.75 Å². The number of nitrogens with one attached hydrogen (secondary N) is 8. The number of hydrogen-bond acceptors (Lipinski definition) is 7. The summed E-state index contributed by atoms with van der Waals surface area (Å²) in [5.41, 5.74) is 9.83. The number of nitrogens with two attached hydrogens (primary N) is 1. The van der Waals surface area contributed by atoms with Gasteiger partial charge < -0.3 is 51.6 Å². The van der Waals surface area contributed by atoms with Crippen LogP contribution in [0.3, 0.4) is 0 Å². The van der Waals surface area contributed by atoms with E-state index in [0.717, 1.165) is 5.69 Å². The van der Waals surface area contributed by atoms with Gasteiger partial charge >= 0.3 is 0 Å². The van der Waals surface area contributed by atoms with Gasteiger partial charge in [-0.3, -0.25) is 24.6 Å². The Morgan fingerprint density at radius 2 is 1.24 bits per heavy atom. The summed E-state index contributed by atoms with van der Waals surface area (Å²) < 4.78 is 5.54. The lowest BCUT2D eigenvalue weighted by Gasteiger charge is -2.25. The number of benzene rings is 1. The lowest BCUT2D eigenvalue weighted by atomic mass is 10.1. The third-order valence-corrected chi connectivity index (χ3v) is 8.35. The molecule has 3 heterocycles. The predicted molar refractivity (Wildman–Crippen MR) is 203 cm³/mol.